The highest BCUT2D eigenvalue weighted by molar-refractivity contribution is 5.98. The zero-order valence-electron chi connectivity index (χ0n) is 19.8. The van der Waals surface area contributed by atoms with Crippen LogP contribution in [0.1, 0.15) is 58.1 Å². The molecule has 0 aliphatic carbocycles. The van der Waals surface area contributed by atoms with E-state index < -0.39 is 0 Å². The zero-order chi connectivity index (χ0) is 22.6. The first-order chi connectivity index (χ1) is 14.8. The largest absolute Gasteiger partial charge is 0.385 e. The van der Waals surface area contributed by atoms with E-state index in [1.807, 2.05) is 52.0 Å². The molecule has 2 aromatic rings. The Labute approximate surface area is 199 Å². The molecule has 0 saturated heterocycles. The van der Waals surface area contributed by atoms with Crippen LogP contribution in [0.4, 0.5) is 11.4 Å². The summed E-state index contributed by atoms with van der Waals surface area (Å²) in [5.41, 5.74) is 16.2. The van der Waals surface area contributed by atoms with Crippen LogP contribution in [-0.4, -0.2) is 36.8 Å². The van der Waals surface area contributed by atoms with Crippen LogP contribution in [0, 0.1) is 0 Å². The van der Waals surface area contributed by atoms with E-state index in [0.717, 1.165) is 54.9 Å². The second-order valence-electron chi connectivity index (χ2n) is 8.29. The van der Waals surface area contributed by atoms with Gasteiger partial charge < -0.3 is 22.1 Å². The summed E-state index contributed by atoms with van der Waals surface area (Å²) in [6, 6.07) is 16.7. The maximum atomic E-state index is 6.01. The molecule has 0 amide bonds. The third-order valence-electron chi connectivity index (χ3n) is 4.67. The molecule has 0 bridgehead atoms. The molecular formula is C25H39ClN6. The number of nitrogens with one attached hydrogen (secondary N) is 2. The van der Waals surface area contributed by atoms with Crippen LogP contribution < -0.4 is 22.1 Å². The molecule has 0 unspecified atom stereocenters. The molecule has 0 aliphatic heterocycles. The smallest absolute Gasteiger partial charge is 0.125 e. The summed E-state index contributed by atoms with van der Waals surface area (Å²) in [5, 5.41) is 6.93. The molecule has 0 aliphatic rings. The minimum atomic E-state index is 0. The number of halogens is 1. The Balaban J connectivity index is 0.00000512. The van der Waals surface area contributed by atoms with Gasteiger partial charge in [-0.2, -0.15) is 0 Å². The van der Waals surface area contributed by atoms with Gasteiger partial charge in [-0.05, 0) is 95.5 Å². The fourth-order valence-corrected chi connectivity index (χ4v) is 3.12. The van der Waals surface area contributed by atoms with Crippen molar-refractivity contribution in [1.29, 1.82) is 0 Å². The number of amidine groups is 2. The van der Waals surface area contributed by atoms with Gasteiger partial charge >= 0.3 is 0 Å². The Morgan fingerprint density at radius 3 is 1.31 bits per heavy atom. The SMILES string of the molecule is CC(C)N=C(N)c1ccc(NCCCCCNc2ccc(C(N)=NC(C)C)cc2)cc1.Cl. The highest BCUT2D eigenvalue weighted by Crippen LogP contribution is 2.12. The highest BCUT2D eigenvalue weighted by atomic mass is 35.5. The summed E-state index contributed by atoms with van der Waals surface area (Å²) < 4.78 is 0. The summed E-state index contributed by atoms with van der Waals surface area (Å²) in [6.07, 6.45) is 3.42. The van der Waals surface area contributed by atoms with Gasteiger partial charge in [-0.15, -0.1) is 12.4 Å². The van der Waals surface area contributed by atoms with Crippen LogP contribution in [-0.2, 0) is 0 Å². The maximum Gasteiger partial charge on any atom is 0.125 e. The van der Waals surface area contributed by atoms with E-state index in [2.05, 4.69) is 44.9 Å². The Morgan fingerprint density at radius 1 is 0.656 bits per heavy atom. The Morgan fingerprint density at radius 2 is 1.00 bits per heavy atom. The lowest BCUT2D eigenvalue weighted by Gasteiger charge is -2.09. The van der Waals surface area contributed by atoms with Crippen molar-refractivity contribution in [2.24, 2.45) is 21.5 Å². The number of anilines is 2. The van der Waals surface area contributed by atoms with Crippen LogP contribution in [0.15, 0.2) is 58.5 Å². The van der Waals surface area contributed by atoms with Crippen molar-refractivity contribution in [1.82, 2.24) is 0 Å². The Kier molecular flexibility index (Phi) is 12.2. The first-order valence-electron chi connectivity index (χ1n) is 11.2. The van der Waals surface area contributed by atoms with Gasteiger partial charge in [0.05, 0.1) is 0 Å². The number of nitrogens with zero attached hydrogens (tertiary/aromatic N) is 2. The molecule has 6 N–H and O–H groups in total. The topological polar surface area (TPSA) is 101 Å². The van der Waals surface area contributed by atoms with Crippen molar-refractivity contribution in [2.45, 2.75) is 59.0 Å². The van der Waals surface area contributed by atoms with Gasteiger partial charge in [0.15, 0.2) is 0 Å². The van der Waals surface area contributed by atoms with E-state index in [0.29, 0.717) is 11.7 Å². The van der Waals surface area contributed by atoms with E-state index in [9.17, 15) is 0 Å². The molecule has 32 heavy (non-hydrogen) atoms. The number of hydrogen-bond acceptors (Lipinski definition) is 4. The van der Waals surface area contributed by atoms with Crippen LogP contribution >= 0.6 is 12.4 Å². The summed E-state index contributed by atoms with van der Waals surface area (Å²) >= 11 is 0. The van der Waals surface area contributed by atoms with Crippen molar-refractivity contribution in [3.05, 3.63) is 59.7 Å². The van der Waals surface area contributed by atoms with Crippen molar-refractivity contribution in [2.75, 3.05) is 23.7 Å². The third-order valence-corrected chi connectivity index (χ3v) is 4.67. The summed E-state index contributed by atoms with van der Waals surface area (Å²) in [6.45, 7) is 10.0. The zero-order valence-corrected chi connectivity index (χ0v) is 20.6. The molecule has 0 fully saturated rings. The van der Waals surface area contributed by atoms with Gasteiger partial charge in [-0.25, -0.2) is 0 Å². The lowest BCUT2D eigenvalue weighted by atomic mass is 10.1. The van der Waals surface area contributed by atoms with Crippen LogP contribution in [0.3, 0.4) is 0 Å². The number of hydrogen-bond donors (Lipinski definition) is 4. The second-order valence-corrected chi connectivity index (χ2v) is 8.29. The minimum absolute atomic E-state index is 0. The maximum absolute atomic E-state index is 6.01. The normalized spacial score (nSPS) is 12.1. The lowest BCUT2D eigenvalue weighted by molar-refractivity contribution is 0.721. The van der Waals surface area contributed by atoms with E-state index in [1.165, 1.54) is 0 Å². The van der Waals surface area contributed by atoms with E-state index in [4.69, 9.17) is 11.5 Å². The number of unbranched alkanes of at least 4 members (excludes halogenated alkanes) is 2. The predicted molar refractivity (Wildman–Crippen MR) is 143 cm³/mol. The van der Waals surface area contributed by atoms with Gasteiger partial charge in [0.2, 0.25) is 0 Å². The minimum Gasteiger partial charge on any atom is -0.385 e. The number of benzene rings is 2. The summed E-state index contributed by atoms with van der Waals surface area (Å²) in [5.74, 6) is 1.19. The van der Waals surface area contributed by atoms with Gasteiger partial charge in [0, 0.05) is 47.7 Å². The molecule has 7 heteroatoms. The fourth-order valence-electron chi connectivity index (χ4n) is 3.12. The quantitative estimate of drug-likeness (QED) is 0.203. The molecule has 0 radical (unpaired) electrons. The van der Waals surface area contributed by atoms with Crippen molar-refractivity contribution in [3.8, 4) is 0 Å². The van der Waals surface area contributed by atoms with Crippen LogP contribution in [0.2, 0.25) is 0 Å². The van der Waals surface area contributed by atoms with Crippen LogP contribution in [0.5, 0.6) is 0 Å². The number of nitrogens with two attached hydrogens (primary N) is 2. The van der Waals surface area contributed by atoms with Crippen LogP contribution in [0.25, 0.3) is 0 Å². The first-order valence-corrected chi connectivity index (χ1v) is 11.2. The molecule has 0 heterocycles. The average Bonchev–Trinajstić information content (AvgIpc) is 2.73. The van der Waals surface area contributed by atoms with E-state index in [-0.39, 0.29) is 24.5 Å². The molecule has 0 aromatic heterocycles. The van der Waals surface area contributed by atoms with Gasteiger partial charge in [-0.3, -0.25) is 9.98 Å². The summed E-state index contributed by atoms with van der Waals surface area (Å²) in [7, 11) is 0. The molecule has 6 nitrogen and oxygen atoms in total. The highest BCUT2D eigenvalue weighted by Gasteiger charge is 2.01. The lowest BCUT2D eigenvalue weighted by Crippen LogP contribution is -2.15. The Hall–Kier alpha value is -2.73. The van der Waals surface area contributed by atoms with Crippen molar-refractivity contribution in [3.63, 3.8) is 0 Å². The molecule has 0 spiro atoms. The molecule has 2 aromatic carbocycles. The van der Waals surface area contributed by atoms with Crippen molar-refractivity contribution < 1.29 is 0 Å². The fraction of sp³-hybridized carbons (Fsp3) is 0.440. The third kappa shape index (κ3) is 10.1. The molecule has 0 atom stereocenters. The molecule has 2 rings (SSSR count). The molecule has 176 valence electrons. The first kappa shape index (κ1) is 27.3. The monoisotopic (exact) mass is 458 g/mol. The molecular weight excluding hydrogens is 420 g/mol. The summed E-state index contributed by atoms with van der Waals surface area (Å²) in [4.78, 5) is 8.76. The van der Waals surface area contributed by atoms with Crippen molar-refractivity contribution >= 4 is 35.5 Å². The van der Waals surface area contributed by atoms with E-state index in [1.54, 1.807) is 0 Å². The van der Waals surface area contributed by atoms with Gasteiger partial charge in [0.1, 0.15) is 11.7 Å². The standard InChI is InChI=1S/C25H38N6.ClH/c1-18(2)30-24(26)20-8-12-22(13-9-20)28-16-6-5-7-17-29-23-14-10-21(11-15-23)25(27)31-19(3)4;/h8-15,18-19,28-29H,5-7,16-17H2,1-4H3,(H2,26,30)(H2,27,31);1H. The van der Waals surface area contributed by atoms with Gasteiger partial charge in [-0.1, -0.05) is 0 Å². The van der Waals surface area contributed by atoms with Gasteiger partial charge in [0.25, 0.3) is 0 Å². The molecule has 0 saturated carbocycles. The average molecular weight is 459 g/mol. The second kappa shape index (κ2) is 14.4. The predicted octanol–water partition coefficient (Wildman–Crippen LogP) is 5.03. The Bertz CT molecular complexity index is 770. The number of aliphatic imine (C=N–C) groups is 2. The van der Waals surface area contributed by atoms with E-state index >= 15 is 0 Å². The number of rotatable bonds is 12.